The maximum atomic E-state index is 12.1. The molecule has 0 aliphatic rings. The molecule has 3 rings (SSSR count). The van der Waals surface area contributed by atoms with Crippen molar-refractivity contribution in [1.29, 1.82) is 0 Å². The topological polar surface area (TPSA) is 77.6 Å². The molecule has 3 aromatic rings. The normalized spacial score (nSPS) is 12.4. The molecule has 0 bridgehead atoms. The van der Waals surface area contributed by atoms with E-state index in [0.717, 1.165) is 16.9 Å². The van der Waals surface area contributed by atoms with Crippen LogP contribution in [0.1, 0.15) is 12.7 Å². The molecule has 1 unspecified atom stereocenters. The monoisotopic (exact) mass is 312 g/mol. The fourth-order valence-electron chi connectivity index (χ4n) is 2.58. The van der Waals surface area contributed by atoms with Gasteiger partial charge in [-0.15, -0.1) is 0 Å². The number of carbonyl (C=O) groups is 1. The summed E-state index contributed by atoms with van der Waals surface area (Å²) >= 11 is 0. The predicted molar refractivity (Wildman–Crippen MR) is 86.6 cm³/mol. The summed E-state index contributed by atoms with van der Waals surface area (Å²) in [6.45, 7) is 2.97. The summed E-state index contributed by atoms with van der Waals surface area (Å²) in [5.74, 6) is 0.826. The first kappa shape index (κ1) is 15.2. The van der Waals surface area contributed by atoms with E-state index in [1.54, 1.807) is 11.0 Å². The van der Waals surface area contributed by atoms with Gasteiger partial charge in [-0.05, 0) is 12.1 Å². The molecule has 0 fully saturated rings. The fraction of sp³-hybridized carbons (Fsp3) is 0.375. The van der Waals surface area contributed by atoms with Crippen molar-refractivity contribution in [1.82, 2.24) is 29.6 Å². The summed E-state index contributed by atoms with van der Waals surface area (Å²) in [6, 6.07) is 8.02. The molecule has 2 aromatic heterocycles. The van der Waals surface area contributed by atoms with Crippen molar-refractivity contribution in [2.75, 3.05) is 6.54 Å². The Labute approximate surface area is 134 Å². The molecule has 1 aromatic carbocycles. The molecular formula is C16H20N6O. The summed E-state index contributed by atoms with van der Waals surface area (Å²) in [6.07, 6.45) is 3.78. The lowest BCUT2D eigenvalue weighted by atomic mass is 10.1. The Morgan fingerprint density at radius 1 is 1.35 bits per heavy atom. The number of carbonyl (C=O) groups excluding carboxylic acids is 1. The number of benzene rings is 1. The van der Waals surface area contributed by atoms with Gasteiger partial charge >= 0.3 is 0 Å². The summed E-state index contributed by atoms with van der Waals surface area (Å²) in [7, 11) is 2.00. The summed E-state index contributed by atoms with van der Waals surface area (Å²) in [4.78, 5) is 20.6. The second kappa shape index (κ2) is 6.60. The molecule has 120 valence electrons. The molecule has 7 heteroatoms. The molecular weight excluding hydrogens is 292 g/mol. The van der Waals surface area contributed by atoms with Crippen LogP contribution in [0.5, 0.6) is 0 Å². The largest absolute Gasteiger partial charge is 0.355 e. The van der Waals surface area contributed by atoms with Crippen LogP contribution in [0.4, 0.5) is 0 Å². The van der Waals surface area contributed by atoms with E-state index in [0.29, 0.717) is 19.5 Å². The van der Waals surface area contributed by atoms with E-state index in [2.05, 4.69) is 25.0 Å². The molecule has 0 saturated heterocycles. The van der Waals surface area contributed by atoms with Crippen LogP contribution in [0.3, 0.4) is 0 Å². The van der Waals surface area contributed by atoms with E-state index in [4.69, 9.17) is 0 Å². The molecule has 0 spiro atoms. The van der Waals surface area contributed by atoms with Gasteiger partial charge in [-0.2, -0.15) is 5.10 Å². The van der Waals surface area contributed by atoms with Crippen molar-refractivity contribution in [3.05, 3.63) is 42.7 Å². The first-order chi connectivity index (χ1) is 11.1. The minimum absolute atomic E-state index is 0.0132. The Morgan fingerprint density at radius 2 is 2.17 bits per heavy atom. The third kappa shape index (κ3) is 3.39. The van der Waals surface area contributed by atoms with Crippen molar-refractivity contribution in [2.24, 2.45) is 13.0 Å². The average Bonchev–Trinajstić information content (AvgIpc) is 3.16. The number of rotatable bonds is 6. The maximum Gasteiger partial charge on any atom is 0.224 e. The summed E-state index contributed by atoms with van der Waals surface area (Å²) < 4.78 is 3.73. The van der Waals surface area contributed by atoms with Gasteiger partial charge in [-0.1, -0.05) is 19.1 Å². The highest BCUT2D eigenvalue weighted by molar-refractivity contribution is 5.78. The number of aromatic nitrogens is 5. The average molecular weight is 312 g/mol. The Bertz CT molecular complexity index is 792. The minimum atomic E-state index is -0.155. The standard InChI is InChI=1S/C16H20N6O/c1-12(9-22-11-17-10-19-22)16(23)18-8-7-15-20-13-5-3-4-6-14(13)21(15)2/h3-6,10-12H,7-9H2,1-2H3,(H,18,23). The number of nitrogens with one attached hydrogen (secondary N) is 1. The van der Waals surface area contributed by atoms with Gasteiger partial charge in [0, 0.05) is 20.0 Å². The highest BCUT2D eigenvalue weighted by atomic mass is 16.1. The molecule has 0 saturated carbocycles. The van der Waals surface area contributed by atoms with Gasteiger partial charge < -0.3 is 9.88 Å². The fourth-order valence-corrected chi connectivity index (χ4v) is 2.58. The second-order valence-electron chi connectivity index (χ2n) is 5.64. The molecule has 2 heterocycles. The zero-order valence-corrected chi connectivity index (χ0v) is 13.3. The van der Waals surface area contributed by atoms with E-state index >= 15 is 0 Å². The first-order valence-electron chi connectivity index (χ1n) is 7.65. The van der Waals surface area contributed by atoms with Crippen molar-refractivity contribution < 1.29 is 4.79 Å². The van der Waals surface area contributed by atoms with Crippen LogP contribution >= 0.6 is 0 Å². The van der Waals surface area contributed by atoms with Gasteiger partial charge in [0.25, 0.3) is 0 Å². The molecule has 7 nitrogen and oxygen atoms in total. The van der Waals surface area contributed by atoms with Crippen LogP contribution in [0.15, 0.2) is 36.9 Å². The smallest absolute Gasteiger partial charge is 0.224 e. The van der Waals surface area contributed by atoms with Gasteiger partial charge in [-0.25, -0.2) is 9.97 Å². The highest BCUT2D eigenvalue weighted by Gasteiger charge is 2.14. The van der Waals surface area contributed by atoms with Crippen molar-refractivity contribution in [2.45, 2.75) is 19.9 Å². The third-order valence-corrected chi connectivity index (χ3v) is 3.90. The van der Waals surface area contributed by atoms with Crippen LogP contribution in [0, 0.1) is 5.92 Å². The SMILES string of the molecule is CC(Cn1cncn1)C(=O)NCCc1nc2ccccc2n1C. The van der Waals surface area contributed by atoms with Gasteiger partial charge in [0.2, 0.25) is 5.91 Å². The number of amides is 1. The number of imidazole rings is 1. The van der Waals surface area contributed by atoms with Crippen LogP contribution in [-0.4, -0.2) is 36.8 Å². The molecule has 0 radical (unpaired) electrons. The maximum absolute atomic E-state index is 12.1. The van der Waals surface area contributed by atoms with Crippen molar-refractivity contribution in [3.63, 3.8) is 0 Å². The summed E-state index contributed by atoms with van der Waals surface area (Å²) in [5.41, 5.74) is 2.09. The minimum Gasteiger partial charge on any atom is -0.355 e. The van der Waals surface area contributed by atoms with E-state index in [1.807, 2.05) is 38.2 Å². The Balaban J connectivity index is 1.54. The zero-order chi connectivity index (χ0) is 16.2. The third-order valence-electron chi connectivity index (χ3n) is 3.90. The Hall–Kier alpha value is -2.70. The van der Waals surface area contributed by atoms with E-state index < -0.39 is 0 Å². The lowest BCUT2D eigenvalue weighted by Gasteiger charge is -2.11. The van der Waals surface area contributed by atoms with Gasteiger partial charge in [0.15, 0.2) is 0 Å². The van der Waals surface area contributed by atoms with Crippen molar-refractivity contribution >= 4 is 16.9 Å². The Kier molecular flexibility index (Phi) is 4.36. The molecule has 1 atom stereocenters. The molecule has 1 N–H and O–H groups in total. The first-order valence-corrected chi connectivity index (χ1v) is 7.65. The number of aryl methyl sites for hydroxylation is 1. The van der Waals surface area contributed by atoms with Crippen LogP contribution < -0.4 is 5.32 Å². The molecule has 23 heavy (non-hydrogen) atoms. The zero-order valence-electron chi connectivity index (χ0n) is 13.3. The molecule has 0 aliphatic carbocycles. The van der Waals surface area contributed by atoms with Crippen LogP contribution in [-0.2, 0) is 24.8 Å². The molecule has 0 aliphatic heterocycles. The Morgan fingerprint density at radius 3 is 2.91 bits per heavy atom. The van der Waals surface area contributed by atoms with Crippen LogP contribution in [0.25, 0.3) is 11.0 Å². The number of hydrogen-bond acceptors (Lipinski definition) is 4. The van der Waals surface area contributed by atoms with E-state index in [1.165, 1.54) is 6.33 Å². The highest BCUT2D eigenvalue weighted by Crippen LogP contribution is 2.14. The van der Waals surface area contributed by atoms with Gasteiger partial charge in [0.1, 0.15) is 18.5 Å². The lowest BCUT2D eigenvalue weighted by Crippen LogP contribution is -2.33. The van der Waals surface area contributed by atoms with E-state index in [9.17, 15) is 4.79 Å². The van der Waals surface area contributed by atoms with Crippen LogP contribution in [0.2, 0.25) is 0 Å². The number of fused-ring (bicyclic) bond motifs is 1. The van der Waals surface area contributed by atoms with Crippen molar-refractivity contribution in [3.8, 4) is 0 Å². The molecule has 1 amide bonds. The van der Waals surface area contributed by atoms with Gasteiger partial charge in [-0.3, -0.25) is 9.48 Å². The predicted octanol–water partition coefficient (Wildman–Crippen LogP) is 1.16. The lowest BCUT2D eigenvalue weighted by molar-refractivity contribution is -0.124. The number of nitrogens with zero attached hydrogens (tertiary/aromatic N) is 5. The van der Waals surface area contributed by atoms with Gasteiger partial charge in [0.05, 0.1) is 23.5 Å². The van der Waals surface area contributed by atoms with E-state index in [-0.39, 0.29) is 11.8 Å². The quantitative estimate of drug-likeness (QED) is 0.741. The number of para-hydroxylation sites is 2. The second-order valence-corrected chi connectivity index (χ2v) is 5.64. The summed E-state index contributed by atoms with van der Waals surface area (Å²) in [5, 5.41) is 6.98. The number of hydrogen-bond donors (Lipinski definition) is 1.